The van der Waals surface area contributed by atoms with Crippen molar-refractivity contribution < 1.29 is 9.53 Å². The first kappa shape index (κ1) is 11.5. The Morgan fingerprint density at radius 2 is 1.47 bits per heavy atom. The lowest BCUT2D eigenvalue weighted by molar-refractivity contribution is -0.00519. The molecule has 0 heterocycles. The SMILES string of the molecule is O=[C]Oc1ccc(C23CC4CC(CC(C4)C2)C3)cc1. The molecule has 99 valence electrons. The van der Waals surface area contributed by atoms with Gasteiger partial charge in [-0.05, 0) is 79.4 Å². The molecule has 4 saturated carbocycles. The second-order valence-electron chi connectivity index (χ2n) is 6.91. The van der Waals surface area contributed by atoms with Crippen LogP contribution in [0.25, 0.3) is 0 Å². The third-order valence-corrected chi connectivity index (χ3v) is 5.66. The Morgan fingerprint density at radius 1 is 0.947 bits per heavy atom. The van der Waals surface area contributed by atoms with Crippen molar-refractivity contribution in [3.05, 3.63) is 29.8 Å². The van der Waals surface area contributed by atoms with Crippen LogP contribution in [0.5, 0.6) is 5.75 Å². The van der Waals surface area contributed by atoms with E-state index in [4.69, 9.17) is 4.74 Å². The maximum atomic E-state index is 10.2. The Labute approximate surface area is 114 Å². The summed E-state index contributed by atoms with van der Waals surface area (Å²) in [6.07, 6.45) is 8.54. The molecular weight excluding hydrogens is 236 g/mol. The summed E-state index contributed by atoms with van der Waals surface area (Å²) in [5.41, 5.74) is 1.89. The summed E-state index contributed by atoms with van der Waals surface area (Å²) in [6, 6.07) is 8.16. The topological polar surface area (TPSA) is 26.3 Å². The zero-order chi connectivity index (χ0) is 12.9. The molecule has 0 amide bonds. The smallest absolute Gasteiger partial charge is 0.418 e. The quantitative estimate of drug-likeness (QED) is 0.825. The summed E-state index contributed by atoms with van der Waals surface area (Å²) in [6.45, 7) is 1.49. The lowest BCUT2D eigenvalue weighted by Gasteiger charge is -2.57. The number of hydrogen-bond donors (Lipinski definition) is 0. The highest BCUT2D eigenvalue weighted by Crippen LogP contribution is 2.60. The highest BCUT2D eigenvalue weighted by molar-refractivity contribution is 5.46. The molecule has 4 bridgehead atoms. The zero-order valence-electron chi connectivity index (χ0n) is 11.1. The first-order chi connectivity index (χ1) is 9.27. The summed E-state index contributed by atoms with van der Waals surface area (Å²) in [5, 5.41) is 0. The molecule has 0 aliphatic heterocycles. The molecule has 0 atom stereocenters. The highest BCUT2D eigenvalue weighted by Gasteiger charge is 2.51. The molecule has 1 aromatic carbocycles. The largest absolute Gasteiger partial charge is 0.423 e. The Hall–Kier alpha value is -1.31. The fourth-order valence-electron chi connectivity index (χ4n) is 5.39. The van der Waals surface area contributed by atoms with Crippen molar-refractivity contribution in [1.82, 2.24) is 0 Å². The Kier molecular flexibility index (Phi) is 2.48. The molecule has 0 aromatic heterocycles. The van der Waals surface area contributed by atoms with Gasteiger partial charge in [0.15, 0.2) is 0 Å². The zero-order valence-corrected chi connectivity index (χ0v) is 11.1. The molecule has 4 aliphatic carbocycles. The normalized spacial score (nSPS) is 39.3. The molecule has 2 nitrogen and oxygen atoms in total. The Bertz CT molecular complexity index is 453. The van der Waals surface area contributed by atoms with Crippen LogP contribution in [0.4, 0.5) is 0 Å². The van der Waals surface area contributed by atoms with E-state index >= 15 is 0 Å². The number of ether oxygens (including phenoxy) is 1. The van der Waals surface area contributed by atoms with Crippen LogP contribution in [-0.2, 0) is 10.2 Å². The fourth-order valence-corrected chi connectivity index (χ4v) is 5.39. The van der Waals surface area contributed by atoms with Crippen molar-refractivity contribution in [3.8, 4) is 5.75 Å². The Balaban J connectivity index is 1.65. The van der Waals surface area contributed by atoms with Crippen molar-refractivity contribution in [2.45, 2.75) is 43.9 Å². The van der Waals surface area contributed by atoms with E-state index in [-0.39, 0.29) is 0 Å². The van der Waals surface area contributed by atoms with Gasteiger partial charge in [0.25, 0.3) is 0 Å². The predicted molar refractivity (Wildman–Crippen MR) is 72.6 cm³/mol. The van der Waals surface area contributed by atoms with Crippen molar-refractivity contribution >= 4 is 6.47 Å². The molecule has 0 unspecified atom stereocenters. The van der Waals surface area contributed by atoms with Gasteiger partial charge in [0.1, 0.15) is 5.75 Å². The van der Waals surface area contributed by atoms with E-state index < -0.39 is 0 Å². The van der Waals surface area contributed by atoms with Gasteiger partial charge in [-0.1, -0.05) is 12.1 Å². The van der Waals surface area contributed by atoms with Gasteiger partial charge in [-0.25, -0.2) is 4.79 Å². The first-order valence-corrected chi connectivity index (χ1v) is 7.42. The molecule has 2 heteroatoms. The van der Waals surface area contributed by atoms with E-state index in [0.717, 1.165) is 17.8 Å². The standard InChI is InChI=1S/C17H19O2/c18-11-19-16-3-1-15(2-4-16)17-8-12-5-13(9-17)7-14(6-12)10-17/h1-4,12-14H,5-10H2. The number of benzene rings is 1. The maximum Gasteiger partial charge on any atom is 0.423 e. The average molecular weight is 255 g/mol. The molecule has 4 fully saturated rings. The second kappa shape index (κ2) is 4.09. The number of carbonyl (C=O) groups excluding carboxylic acids is 1. The molecule has 0 saturated heterocycles. The molecule has 0 N–H and O–H groups in total. The van der Waals surface area contributed by atoms with E-state index in [2.05, 4.69) is 12.1 Å². The van der Waals surface area contributed by atoms with Crippen LogP contribution in [0.1, 0.15) is 44.1 Å². The van der Waals surface area contributed by atoms with E-state index in [1.165, 1.54) is 50.6 Å². The van der Waals surface area contributed by atoms with E-state index in [0.29, 0.717) is 11.2 Å². The second-order valence-corrected chi connectivity index (χ2v) is 6.91. The predicted octanol–water partition coefficient (Wildman–Crippen LogP) is 3.60. The third kappa shape index (κ3) is 1.80. The van der Waals surface area contributed by atoms with Crippen LogP contribution in [0.15, 0.2) is 24.3 Å². The van der Waals surface area contributed by atoms with Gasteiger partial charge in [-0.2, -0.15) is 0 Å². The average Bonchev–Trinajstić information content (AvgIpc) is 2.38. The molecule has 0 spiro atoms. The van der Waals surface area contributed by atoms with Gasteiger partial charge >= 0.3 is 6.47 Å². The van der Waals surface area contributed by atoms with Crippen LogP contribution in [0, 0.1) is 17.8 Å². The molecule has 5 rings (SSSR count). The summed E-state index contributed by atoms with van der Waals surface area (Å²) in [7, 11) is 0. The van der Waals surface area contributed by atoms with Gasteiger partial charge in [-0.15, -0.1) is 0 Å². The van der Waals surface area contributed by atoms with E-state index in [9.17, 15) is 4.79 Å². The summed E-state index contributed by atoms with van der Waals surface area (Å²) >= 11 is 0. The number of hydrogen-bond acceptors (Lipinski definition) is 2. The van der Waals surface area contributed by atoms with Crippen molar-refractivity contribution in [1.29, 1.82) is 0 Å². The van der Waals surface area contributed by atoms with Gasteiger partial charge in [0, 0.05) is 0 Å². The minimum Gasteiger partial charge on any atom is -0.418 e. The van der Waals surface area contributed by atoms with Crippen molar-refractivity contribution in [3.63, 3.8) is 0 Å². The van der Waals surface area contributed by atoms with Crippen molar-refractivity contribution in [2.24, 2.45) is 17.8 Å². The lowest BCUT2D eigenvalue weighted by Crippen LogP contribution is -2.48. The minimum atomic E-state index is 0.429. The van der Waals surface area contributed by atoms with E-state index in [1.54, 1.807) is 0 Å². The monoisotopic (exact) mass is 255 g/mol. The van der Waals surface area contributed by atoms with Gasteiger partial charge in [-0.3, -0.25) is 0 Å². The van der Waals surface area contributed by atoms with E-state index in [1.807, 2.05) is 12.1 Å². The highest BCUT2D eigenvalue weighted by atomic mass is 16.5. The molecular formula is C17H19O2. The lowest BCUT2D eigenvalue weighted by atomic mass is 9.48. The van der Waals surface area contributed by atoms with Crippen molar-refractivity contribution in [2.75, 3.05) is 0 Å². The maximum absolute atomic E-state index is 10.2. The number of rotatable bonds is 3. The molecule has 4 aliphatic rings. The molecule has 1 aromatic rings. The molecule has 19 heavy (non-hydrogen) atoms. The fraction of sp³-hybridized carbons (Fsp3) is 0.588. The van der Waals surface area contributed by atoms with Crippen LogP contribution in [-0.4, -0.2) is 6.47 Å². The summed E-state index contributed by atoms with van der Waals surface area (Å²) in [4.78, 5) is 10.2. The third-order valence-electron chi connectivity index (χ3n) is 5.66. The van der Waals surface area contributed by atoms with Crippen LogP contribution >= 0.6 is 0 Å². The summed E-state index contributed by atoms with van der Waals surface area (Å²) < 4.78 is 4.77. The minimum absolute atomic E-state index is 0.429. The first-order valence-electron chi connectivity index (χ1n) is 7.42. The van der Waals surface area contributed by atoms with Crippen LogP contribution < -0.4 is 4.74 Å². The molecule has 1 radical (unpaired) electrons. The summed E-state index contributed by atoms with van der Waals surface area (Å²) in [5.74, 6) is 3.49. The van der Waals surface area contributed by atoms with Gasteiger partial charge in [0.2, 0.25) is 0 Å². The van der Waals surface area contributed by atoms with Gasteiger partial charge < -0.3 is 4.74 Å². The van der Waals surface area contributed by atoms with Crippen LogP contribution in [0.3, 0.4) is 0 Å². The van der Waals surface area contributed by atoms with Gasteiger partial charge in [0.05, 0.1) is 0 Å². The Morgan fingerprint density at radius 3 is 1.95 bits per heavy atom. The van der Waals surface area contributed by atoms with Crippen LogP contribution in [0.2, 0.25) is 0 Å².